The molecule has 2 aliphatic heterocycles. The summed E-state index contributed by atoms with van der Waals surface area (Å²) in [6.45, 7) is 2.50. The largest absolute Gasteiger partial charge is 0.352 e. The molecule has 4 heterocycles. The number of aromatic nitrogens is 1. The van der Waals surface area contributed by atoms with Gasteiger partial charge in [-0.05, 0) is 30.4 Å². The maximum Gasteiger partial charge on any atom is 0.253 e. The van der Waals surface area contributed by atoms with E-state index in [9.17, 15) is 13.2 Å². The first kappa shape index (κ1) is 20.9. The van der Waals surface area contributed by atoms with Crippen molar-refractivity contribution in [1.29, 1.82) is 0 Å². The van der Waals surface area contributed by atoms with Gasteiger partial charge in [0.05, 0.1) is 10.0 Å². The monoisotopic (exact) mass is 474 g/mol. The molecule has 4 rings (SSSR count). The van der Waals surface area contributed by atoms with Gasteiger partial charge in [0, 0.05) is 38.9 Å². The number of thiophene rings is 1. The molecule has 7 nitrogen and oxygen atoms in total. The molecule has 2 fully saturated rings. The first-order valence-corrected chi connectivity index (χ1v) is 12.4. The summed E-state index contributed by atoms with van der Waals surface area (Å²) >= 11 is 13.3. The fourth-order valence-corrected chi connectivity index (χ4v) is 7.06. The van der Waals surface area contributed by atoms with Crippen LogP contribution in [0.25, 0.3) is 0 Å². The molecule has 1 unspecified atom stereocenters. The van der Waals surface area contributed by atoms with Crippen LogP contribution in [0.5, 0.6) is 0 Å². The van der Waals surface area contributed by atoms with Crippen molar-refractivity contribution >= 4 is 56.3 Å². The number of amides is 1. The number of sulfonamides is 1. The summed E-state index contributed by atoms with van der Waals surface area (Å²) in [7, 11) is -3.64. The molecule has 0 bridgehead atoms. The molecule has 1 atom stereocenters. The standard InChI is InChI=1S/C18H20Cl2N4O3S2/c19-13-11-14(20)17(21-12-13)22-6-8-23(9-7-22)18(25)15-3-1-5-24(15)29(26,27)16-4-2-10-28-16/h2,4,10-12,15H,1,3,5-9H2. The van der Waals surface area contributed by atoms with E-state index >= 15 is 0 Å². The second-order valence-electron chi connectivity index (χ2n) is 6.98. The minimum Gasteiger partial charge on any atom is -0.352 e. The number of carbonyl (C=O) groups is 1. The Morgan fingerprint density at radius 3 is 2.59 bits per heavy atom. The maximum absolute atomic E-state index is 13.1. The summed E-state index contributed by atoms with van der Waals surface area (Å²) in [5.74, 6) is 0.517. The molecule has 2 aromatic heterocycles. The van der Waals surface area contributed by atoms with Crippen molar-refractivity contribution in [2.24, 2.45) is 0 Å². The lowest BCUT2D eigenvalue weighted by Crippen LogP contribution is -2.54. The predicted molar refractivity (Wildman–Crippen MR) is 114 cm³/mol. The van der Waals surface area contributed by atoms with Crippen LogP contribution in [-0.2, 0) is 14.8 Å². The maximum atomic E-state index is 13.1. The highest BCUT2D eigenvalue weighted by molar-refractivity contribution is 7.91. The Balaban J connectivity index is 1.44. The number of anilines is 1. The highest BCUT2D eigenvalue weighted by Gasteiger charge is 2.42. The summed E-state index contributed by atoms with van der Waals surface area (Å²) in [5, 5.41) is 2.68. The number of nitrogens with zero attached hydrogens (tertiary/aromatic N) is 4. The van der Waals surface area contributed by atoms with Gasteiger partial charge >= 0.3 is 0 Å². The van der Waals surface area contributed by atoms with Crippen molar-refractivity contribution in [3.8, 4) is 0 Å². The fraction of sp³-hybridized carbons (Fsp3) is 0.444. The third-order valence-electron chi connectivity index (χ3n) is 5.23. The lowest BCUT2D eigenvalue weighted by atomic mass is 10.2. The van der Waals surface area contributed by atoms with Gasteiger partial charge in [0.1, 0.15) is 16.1 Å². The van der Waals surface area contributed by atoms with Gasteiger partial charge in [0.15, 0.2) is 0 Å². The number of carbonyl (C=O) groups excluding carboxylic acids is 1. The summed E-state index contributed by atoms with van der Waals surface area (Å²) in [5.41, 5.74) is 0. The predicted octanol–water partition coefficient (Wildman–Crippen LogP) is 2.95. The zero-order valence-electron chi connectivity index (χ0n) is 15.5. The molecular weight excluding hydrogens is 455 g/mol. The first-order chi connectivity index (χ1) is 13.9. The molecule has 0 aromatic carbocycles. The Morgan fingerprint density at radius 1 is 1.17 bits per heavy atom. The number of hydrogen-bond donors (Lipinski definition) is 0. The van der Waals surface area contributed by atoms with Crippen molar-refractivity contribution in [2.75, 3.05) is 37.6 Å². The Labute approximate surface area is 183 Å². The van der Waals surface area contributed by atoms with Gasteiger partial charge in [0.2, 0.25) is 5.91 Å². The van der Waals surface area contributed by atoms with Gasteiger partial charge in [0.25, 0.3) is 10.0 Å². The van der Waals surface area contributed by atoms with Crippen LogP contribution in [0.1, 0.15) is 12.8 Å². The number of hydrogen-bond acceptors (Lipinski definition) is 6. The average Bonchev–Trinajstić information content (AvgIpc) is 3.40. The molecule has 11 heteroatoms. The fourth-order valence-electron chi connectivity index (χ4n) is 3.79. The number of rotatable bonds is 4. The molecule has 0 N–H and O–H groups in total. The molecule has 1 amide bonds. The van der Waals surface area contributed by atoms with E-state index in [0.29, 0.717) is 61.4 Å². The Kier molecular flexibility index (Phi) is 6.04. The number of pyridine rings is 1. The van der Waals surface area contributed by atoms with Crippen LogP contribution >= 0.6 is 34.5 Å². The van der Waals surface area contributed by atoms with Gasteiger partial charge in [-0.1, -0.05) is 29.3 Å². The summed E-state index contributed by atoms with van der Waals surface area (Å²) in [6.07, 6.45) is 2.78. The molecule has 0 spiro atoms. The summed E-state index contributed by atoms with van der Waals surface area (Å²) in [4.78, 5) is 21.2. The van der Waals surface area contributed by atoms with Crippen molar-refractivity contribution in [2.45, 2.75) is 23.1 Å². The molecule has 2 aromatic rings. The molecule has 29 heavy (non-hydrogen) atoms. The SMILES string of the molecule is O=C(C1CCCN1S(=O)(=O)c1cccs1)N1CCN(c2ncc(Cl)cc2Cl)CC1. The lowest BCUT2D eigenvalue weighted by molar-refractivity contribution is -0.134. The van der Waals surface area contributed by atoms with E-state index in [1.807, 2.05) is 4.90 Å². The van der Waals surface area contributed by atoms with Gasteiger partial charge in [-0.3, -0.25) is 4.79 Å². The molecular formula is C18H20Cl2N4O3S2. The van der Waals surface area contributed by atoms with Crippen LogP contribution in [0.4, 0.5) is 5.82 Å². The topological polar surface area (TPSA) is 73.8 Å². The highest BCUT2D eigenvalue weighted by Crippen LogP contribution is 2.30. The molecule has 0 aliphatic carbocycles. The van der Waals surface area contributed by atoms with Gasteiger partial charge < -0.3 is 9.80 Å². The average molecular weight is 475 g/mol. The van der Waals surface area contributed by atoms with Crippen LogP contribution in [-0.4, -0.2) is 67.3 Å². The highest BCUT2D eigenvalue weighted by atomic mass is 35.5. The van der Waals surface area contributed by atoms with E-state index in [-0.39, 0.29) is 10.1 Å². The third-order valence-corrected chi connectivity index (χ3v) is 8.99. The smallest absolute Gasteiger partial charge is 0.253 e. The Bertz CT molecular complexity index is 993. The minimum absolute atomic E-state index is 0.127. The quantitative estimate of drug-likeness (QED) is 0.680. The number of piperazine rings is 1. The van der Waals surface area contributed by atoms with Crippen LogP contribution < -0.4 is 4.90 Å². The van der Waals surface area contributed by atoms with Crippen molar-refractivity contribution < 1.29 is 13.2 Å². The lowest BCUT2D eigenvalue weighted by Gasteiger charge is -2.37. The van der Waals surface area contributed by atoms with Crippen molar-refractivity contribution in [3.63, 3.8) is 0 Å². The summed E-state index contributed by atoms with van der Waals surface area (Å²) < 4.78 is 27.5. The van der Waals surface area contributed by atoms with Crippen LogP contribution in [0.3, 0.4) is 0 Å². The number of halogens is 2. The van der Waals surface area contributed by atoms with E-state index in [2.05, 4.69) is 4.98 Å². The van der Waals surface area contributed by atoms with E-state index in [1.54, 1.807) is 34.7 Å². The van der Waals surface area contributed by atoms with E-state index in [0.717, 1.165) is 0 Å². The van der Waals surface area contributed by atoms with Crippen molar-refractivity contribution in [3.05, 3.63) is 39.8 Å². The van der Waals surface area contributed by atoms with Crippen LogP contribution in [0.15, 0.2) is 34.0 Å². The zero-order chi connectivity index (χ0) is 20.6. The van der Waals surface area contributed by atoms with Gasteiger partial charge in [-0.25, -0.2) is 13.4 Å². The van der Waals surface area contributed by atoms with E-state index < -0.39 is 16.1 Å². The zero-order valence-corrected chi connectivity index (χ0v) is 18.6. The van der Waals surface area contributed by atoms with Gasteiger partial charge in [-0.2, -0.15) is 4.31 Å². The Hall–Kier alpha value is -1.39. The summed E-state index contributed by atoms with van der Waals surface area (Å²) in [6, 6.07) is 4.31. The third kappa shape index (κ3) is 4.11. The van der Waals surface area contributed by atoms with Crippen LogP contribution in [0.2, 0.25) is 10.0 Å². The second-order valence-corrected chi connectivity index (χ2v) is 10.9. The van der Waals surface area contributed by atoms with E-state index in [4.69, 9.17) is 23.2 Å². The van der Waals surface area contributed by atoms with E-state index in [1.165, 1.54) is 15.6 Å². The van der Waals surface area contributed by atoms with Gasteiger partial charge in [-0.15, -0.1) is 11.3 Å². The molecule has 156 valence electrons. The normalized spacial score (nSPS) is 21.0. The minimum atomic E-state index is -3.64. The van der Waals surface area contributed by atoms with Crippen LogP contribution in [0, 0.1) is 0 Å². The molecule has 2 saturated heterocycles. The second kappa shape index (κ2) is 8.39. The molecule has 0 saturated carbocycles. The van der Waals surface area contributed by atoms with Crippen molar-refractivity contribution in [1.82, 2.24) is 14.2 Å². The first-order valence-electron chi connectivity index (χ1n) is 9.28. The Morgan fingerprint density at radius 2 is 1.93 bits per heavy atom. The molecule has 2 aliphatic rings. The molecule has 0 radical (unpaired) electrons.